The number of carbonyl (C=O) groups excluding carboxylic acids is 2. The van der Waals surface area contributed by atoms with E-state index in [4.69, 9.17) is 5.73 Å². The lowest BCUT2D eigenvalue weighted by Gasteiger charge is -2.09. The molecule has 2 aromatic rings. The van der Waals surface area contributed by atoms with Gasteiger partial charge in [0.05, 0.1) is 17.7 Å². The predicted molar refractivity (Wildman–Crippen MR) is 83.1 cm³/mol. The molecule has 0 unspecified atom stereocenters. The first kappa shape index (κ1) is 14.8. The largest absolute Gasteiger partial charge is 0.366 e. The lowest BCUT2D eigenvalue weighted by atomic mass is 10.1. The quantitative estimate of drug-likeness (QED) is 0.884. The summed E-state index contributed by atoms with van der Waals surface area (Å²) in [5.74, 6) is -0.730. The minimum absolute atomic E-state index is 0.173. The summed E-state index contributed by atoms with van der Waals surface area (Å²) in [5, 5.41) is 2.73. The Balaban J connectivity index is 2.06. The van der Waals surface area contributed by atoms with E-state index in [1.165, 1.54) is 5.56 Å². The molecular formula is C17H18N2O2. The standard InChI is InChI=1S/C17H18N2O2/c1-2-12-7-9-13(10-8-12)11-16(20)19-15-6-4-3-5-14(15)17(18)21/h3-10H,2,11H2,1H3,(H2,18,21)(H,19,20). The minimum Gasteiger partial charge on any atom is -0.366 e. The van der Waals surface area contributed by atoms with Crippen molar-refractivity contribution < 1.29 is 9.59 Å². The SMILES string of the molecule is CCc1ccc(CC(=O)Nc2ccccc2C(N)=O)cc1. The summed E-state index contributed by atoms with van der Waals surface area (Å²) < 4.78 is 0. The molecule has 0 aliphatic rings. The Labute approximate surface area is 124 Å². The second-order valence-corrected chi connectivity index (χ2v) is 4.80. The maximum Gasteiger partial charge on any atom is 0.250 e. The van der Waals surface area contributed by atoms with Crippen molar-refractivity contribution in [1.82, 2.24) is 0 Å². The fraction of sp³-hybridized carbons (Fsp3) is 0.176. The van der Waals surface area contributed by atoms with E-state index in [1.54, 1.807) is 24.3 Å². The van der Waals surface area contributed by atoms with Gasteiger partial charge in [-0.15, -0.1) is 0 Å². The van der Waals surface area contributed by atoms with Crippen molar-refractivity contribution in [3.63, 3.8) is 0 Å². The smallest absolute Gasteiger partial charge is 0.250 e. The van der Waals surface area contributed by atoms with Gasteiger partial charge in [0.1, 0.15) is 0 Å². The van der Waals surface area contributed by atoms with E-state index in [-0.39, 0.29) is 12.3 Å². The molecule has 0 aliphatic heterocycles. The second-order valence-electron chi connectivity index (χ2n) is 4.80. The van der Waals surface area contributed by atoms with E-state index >= 15 is 0 Å². The normalized spacial score (nSPS) is 10.1. The van der Waals surface area contributed by atoms with Crippen molar-refractivity contribution in [2.75, 3.05) is 5.32 Å². The fourth-order valence-electron chi connectivity index (χ4n) is 2.08. The Bertz CT molecular complexity index is 648. The number of para-hydroxylation sites is 1. The molecule has 0 saturated carbocycles. The van der Waals surface area contributed by atoms with Gasteiger partial charge in [0.25, 0.3) is 5.91 Å². The van der Waals surface area contributed by atoms with Crippen LogP contribution in [-0.2, 0) is 17.6 Å². The summed E-state index contributed by atoms with van der Waals surface area (Å²) in [4.78, 5) is 23.4. The molecule has 0 aromatic heterocycles. The third-order valence-corrected chi connectivity index (χ3v) is 3.26. The summed E-state index contributed by atoms with van der Waals surface area (Å²) >= 11 is 0. The molecule has 21 heavy (non-hydrogen) atoms. The van der Waals surface area contributed by atoms with Gasteiger partial charge < -0.3 is 11.1 Å². The first-order chi connectivity index (χ1) is 10.1. The van der Waals surface area contributed by atoms with Gasteiger partial charge in [0, 0.05) is 0 Å². The van der Waals surface area contributed by atoms with Gasteiger partial charge in [-0.05, 0) is 29.7 Å². The number of nitrogens with two attached hydrogens (primary N) is 1. The molecule has 0 atom stereocenters. The predicted octanol–water partition coefficient (Wildman–Crippen LogP) is 2.53. The van der Waals surface area contributed by atoms with E-state index in [0.717, 1.165) is 12.0 Å². The Morgan fingerprint density at radius 1 is 1.00 bits per heavy atom. The van der Waals surface area contributed by atoms with Crippen LogP contribution in [0.1, 0.15) is 28.4 Å². The van der Waals surface area contributed by atoms with Crippen LogP contribution in [0.3, 0.4) is 0 Å². The van der Waals surface area contributed by atoms with Crippen LogP contribution in [0.4, 0.5) is 5.69 Å². The van der Waals surface area contributed by atoms with Crippen LogP contribution in [0, 0.1) is 0 Å². The van der Waals surface area contributed by atoms with Crippen LogP contribution in [0.5, 0.6) is 0 Å². The maximum atomic E-state index is 12.0. The van der Waals surface area contributed by atoms with E-state index in [0.29, 0.717) is 11.3 Å². The van der Waals surface area contributed by atoms with Gasteiger partial charge in [0.2, 0.25) is 5.91 Å². The number of carbonyl (C=O) groups is 2. The van der Waals surface area contributed by atoms with Crippen LogP contribution in [0.2, 0.25) is 0 Å². The van der Waals surface area contributed by atoms with Gasteiger partial charge in [-0.25, -0.2) is 0 Å². The lowest BCUT2D eigenvalue weighted by Crippen LogP contribution is -2.19. The fourth-order valence-corrected chi connectivity index (χ4v) is 2.08. The van der Waals surface area contributed by atoms with Gasteiger partial charge >= 0.3 is 0 Å². The summed E-state index contributed by atoms with van der Waals surface area (Å²) in [6.07, 6.45) is 1.23. The van der Waals surface area contributed by atoms with Gasteiger partial charge in [-0.2, -0.15) is 0 Å². The number of hydrogen-bond acceptors (Lipinski definition) is 2. The van der Waals surface area contributed by atoms with Gasteiger partial charge in [-0.3, -0.25) is 9.59 Å². The average Bonchev–Trinajstić information content (AvgIpc) is 2.48. The van der Waals surface area contributed by atoms with Crippen LogP contribution < -0.4 is 11.1 Å². The highest BCUT2D eigenvalue weighted by Crippen LogP contribution is 2.15. The molecule has 0 saturated heterocycles. The van der Waals surface area contributed by atoms with Crippen molar-refractivity contribution in [1.29, 1.82) is 0 Å². The first-order valence-electron chi connectivity index (χ1n) is 6.86. The van der Waals surface area contributed by atoms with E-state index in [9.17, 15) is 9.59 Å². The topological polar surface area (TPSA) is 72.2 Å². The molecule has 0 spiro atoms. The number of hydrogen-bond donors (Lipinski definition) is 2. The molecule has 0 heterocycles. The Hall–Kier alpha value is -2.62. The van der Waals surface area contributed by atoms with E-state index < -0.39 is 5.91 Å². The Morgan fingerprint density at radius 3 is 2.24 bits per heavy atom. The molecule has 2 aromatic carbocycles. The highest BCUT2D eigenvalue weighted by molar-refractivity contribution is 6.03. The molecule has 2 rings (SSSR count). The zero-order chi connectivity index (χ0) is 15.2. The molecule has 0 radical (unpaired) electrons. The third kappa shape index (κ3) is 3.92. The highest BCUT2D eigenvalue weighted by atomic mass is 16.2. The van der Waals surface area contributed by atoms with Crippen LogP contribution in [0.15, 0.2) is 48.5 Å². The summed E-state index contributed by atoms with van der Waals surface area (Å²) in [6.45, 7) is 2.09. The number of nitrogens with one attached hydrogen (secondary N) is 1. The molecular weight excluding hydrogens is 264 g/mol. The Kier molecular flexibility index (Phi) is 4.72. The molecule has 0 bridgehead atoms. The lowest BCUT2D eigenvalue weighted by molar-refractivity contribution is -0.115. The molecule has 4 nitrogen and oxygen atoms in total. The average molecular weight is 282 g/mol. The minimum atomic E-state index is -0.557. The van der Waals surface area contributed by atoms with E-state index in [1.807, 2.05) is 24.3 Å². The van der Waals surface area contributed by atoms with Crippen molar-refractivity contribution in [3.8, 4) is 0 Å². The zero-order valence-electron chi connectivity index (χ0n) is 11.9. The van der Waals surface area contributed by atoms with Gasteiger partial charge in [0.15, 0.2) is 0 Å². The third-order valence-electron chi connectivity index (χ3n) is 3.26. The summed E-state index contributed by atoms with van der Waals surface area (Å²) in [5.41, 5.74) is 8.21. The monoisotopic (exact) mass is 282 g/mol. The Morgan fingerprint density at radius 2 is 1.62 bits per heavy atom. The van der Waals surface area contributed by atoms with Crippen LogP contribution in [0.25, 0.3) is 0 Å². The van der Waals surface area contributed by atoms with E-state index in [2.05, 4.69) is 12.2 Å². The summed E-state index contributed by atoms with van der Waals surface area (Å²) in [6, 6.07) is 14.6. The highest BCUT2D eigenvalue weighted by Gasteiger charge is 2.10. The molecule has 0 aliphatic carbocycles. The van der Waals surface area contributed by atoms with Crippen molar-refractivity contribution >= 4 is 17.5 Å². The molecule has 2 amide bonds. The number of aryl methyl sites for hydroxylation is 1. The number of benzene rings is 2. The van der Waals surface area contributed by atoms with Crippen LogP contribution in [-0.4, -0.2) is 11.8 Å². The van der Waals surface area contributed by atoms with Gasteiger partial charge in [-0.1, -0.05) is 43.3 Å². The summed E-state index contributed by atoms with van der Waals surface area (Å²) in [7, 11) is 0. The molecule has 4 heteroatoms. The zero-order valence-corrected chi connectivity index (χ0v) is 11.9. The number of primary amides is 1. The second kappa shape index (κ2) is 6.70. The number of anilines is 1. The maximum absolute atomic E-state index is 12.0. The first-order valence-corrected chi connectivity index (χ1v) is 6.86. The number of amides is 2. The molecule has 108 valence electrons. The molecule has 3 N–H and O–H groups in total. The van der Waals surface area contributed by atoms with Crippen molar-refractivity contribution in [2.45, 2.75) is 19.8 Å². The molecule has 0 fully saturated rings. The van der Waals surface area contributed by atoms with Crippen molar-refractivity contribution in [3.05, 3.63) is 65.2 Å². The number of rotatable bonds is 5. The van der Waals surface area contributed by atoms with Crippen molar-refractivity contribution in [2.24, 2.45) is 5.73 Å². The van der Waals surface area contributed by atoms with Crippen LogP contribution >= 0.6 is 0 Å².